The van der Waals surface area contributed by atoms with Crippen LogP contribution in [-0.2, 0) is 6.42 Å². The summed E-state index contributed by atoms with van der Waals surface area (Å²) in [7, 11) is 3.25. The fourth-order valence-corrected chi connectivity index (χ4v) is 2.29. The number of aliphatic hydroxyl groups is 1. The van der Waals surface area contributed by atoms with Gasteiger partial charge < -0.3 is 19.9 Å². The van der Waals surface area contributed by atoms with Crippen LogP contribution in [-0.4, -0.2) is 37.5 Å². The number of rotatable bonds is 8. The molecule has 2 atom stereocenters. The van der Waals surface area contributed by atoms with E-state index in [4.69, 9.17) is 9.47 Å². The van der Waals surface area contributed by atoms with Gasteiger partial charge in [-0.1, -0.05) is 13.0 Å². The molecule has 2 unspecified atom stereocenters. The third-order valence-electron chi connectivity index (χ3n) is 3.60. The van der Waals surface area contributed by atoms with Crippen LogP contribution in [0.5, 0.6) is 11.5 Å². The first kappa shape index (κ1) is 16.8. The van der Waals surface area contributed by atoms with Crippen LogP contribution in [0.4, 0.5) is 0 Å². The fraction of sp³-hybridized carbons (Fsp3) is 0.625. The molecule has 2 N–H and O–H groups in total. The number of hydrogen-bond acceptors (Lipinski definition) is 4. The number of nitrogens with one attached hydrogen (secondary N) is 1. The minimum absolute atomic E-state index is 0.0890. The molecule has 114 valence electrons. The Morgan fingerprint density at radius 1 is 1.25 bits per heavy atom. The molecule has 0 aliphatic heterocycles. The maximum Gasteiger partial charge on any atom is 0.160 e. The van der Waals surface area contributed by atoms with E-state index in [0.717, 1.165) is 24.2 Å². The lowest BCUT2D eigenvalue weighted by Crippen LogP contribution is -2.51. The van der Waals surface area contributed by atoms with Crippen LogP contribution in [0, 0.1) is 0 Å². The van der Waals surface area contributed by atoms with E-state index in [2.05, 4.69) is 19.2 Å². The van der Waals surface area contributed by atoms with Crippen LogP contribution in [0.2, 0.25) is 0 Å². The van der Waals surface area contributed by atoms with E-state index in [0.29, 0.717) is 11.8 Å². The molecule has 0 saturated heterocycles. The third-order valence-corrected chi connectivity index (χ3v) is 3.60. The predicted molar refractivity (Wildman–Crippen MR) is 81.6 cm³/mol. The molecule has 1 aromatic rings. The zero-order chi connectivity index (χ0) is 15.2. The summed E-state index contributed by atoms with van der Waals surface area (Å²) in [6.07, 6.45) is 1.76. The zero-order valence-electron chi connectivity index (χ0n) is 13.2. The lowest BCUT2D eigenvalue weighted by molar-refractivity contribution is 0.161. The summed E-state index contributed by atoms with van der Waals surface area (Å²) in [6.45, 7) is 6.38. The van der Waals surface area contributed by atoms with Crippen molar-refractivity contribution in [1.29, 1.82) is 0 Å². The van der Waals surface area contributed by atoms with Crippen LogP contribution in [0.15, 0.2) is 18.2 Å². The van der Waals surface area contributed by atoms with Crippen molar-refractivity contribution in [3.05, 3.63) is 23.8 Å². The van der Waals surface area contributed by atoms with Crippen LogP contribution >= 0.6 is 0 Å². The van der Waals surface area contributed by atoms with Crippen molar-refractivity contribution < 1.29 is 14.6 Å². The van der Waals surface area contributed by atoms with Gasteiger partial charge in [0.2, 0.25) is 0 Å². The highest BCUT2D eigenvalue weighted by atomic mass is 16.5. The SMILES string of the molecule is CCC(C)NC(C)(CO)Cc1ccc(OC)c(OC)c1. The molecule has 0 aliphatic rings. The number of aliphatic hydroxyl groups excluding tert-OH is 1. The Kier molecular flexibility index (Phi) is 6.30. The molecule has 0 bridgehead atoms. The highest BCUT2D eigenvalue weighted by Gasteiger charge is 2.25. The van der Waals surface area contributed by atoms with Crippen molar-refractivity contribution in [2.24, 2.45) is 0 Å². The molecule has 0 amide bonds. The highest BCUT2D eigenvalue weighted by molar-refractivity contribution is 5.43. The third kappa shape index (κ3) is 4.39. The standard InChI is InChI=1S/C16H27NO3/c1-6-12(2)17-16(3,11-18)10-13-7-8-14(19-4)15(9-13)20-5/h7-9,12,17-18H,6,10-11H2,1-5H3. The van der Waals surface area contributed by atoms with Gasteiger partial charge in [0.1, 0.15) is 0 Å². The second-order valence-electron chi connectivity index (χ2n) is 5.54. The largest absolute Gasteiger partial charge is 0.493 e. The quantitative estimate of drug-likeness (QED) is 0.768. The lowest BCUT2D eigenvalue weighted by atomic mass is 9.92. The van der Waals surface area contributed by atoms with Gasteiger partial charge in [-0.05, 0) is 44.4 Å². The summed E-state index contributed by atoms with van der Waals surface area (Å²) in [4.78, 5) is 0. The Bertz CT molecular complexity index is 422. The maximum atomic E-state index is 9.70. The van der Waals surface area contributed by atoms with Crippen LogP contribution in [0.3, 0.4) is 0 Å². The van der Waals surface area contributed by atoms with Gasteiger partial charge >= 0.3 is 0 Å². The van der Waals surface area contributed by atoms with E-state index in [1.54, 1.807) is 14.2 Å². The average Bonchev–Trinajstić information content (AvgIpc) is 2.46. The van der Waals surface area contributed by atoms with E-state index >= 15 is 0 Å². The lowest BCUT2D eigenvalue weighted by Gasteiger charge is -2.32. The summed E-state index contributed by atoms with van der Waals surface area (Å²) in [5.41, 5.74) is 0.768. The molecule has 0 radical (unpaired) electrons. The molecular weight excluding hydrogens is 254 g/mol. The molecule has 0 spiro atoms. The van der Waals surface area contributed by atoms with E-state index in [-0.39, 0.29) is 12.1 Å². The van der Waals surface area contributed by atoms with Gasteiger partial charge in [-0.3, -0.25) is 0 Å². The van der Waals surface area contributed by atoms with Gasteiger partial charge in [-0.15, -0.1) is 0 Å². The molecule has 0 aliphatic carbocycles. The van der Waals surface area contributed by atoms with Crippen LogP contribution < -0.4 is 14.8 Å². The first-order chi connectivity index (χ1) is 9.47. The second-order valence-corrected chi connectivity index (χ2v) is 5.54. The van der Waals surface area contributed by atoms with E-state index in [9.17, 15) is 5.11 Å². The summed E-state index contributed by atoms with van der Waals surface area (Å²) >= 11 is 0. The zero-order valence-corrected chi connectivity index (χ0v) is 13.2. The second kappa shape index (κ2) is 7.50. The van der Waals surface area contributed by atoms with Gasteiger partial charge in [-0.2, -0.15) is 0 Å². The molecule has 4 heteroatoms. The van der Waals surface area contributed by atoms with Gasteiger partial charge in [0.05, 0.1) is 20.8 Å². The molecule has 0 aromatic heterocycles. The molecule has 0 fully saturated rings. The van der Waals surface area contributed by atoms with E-state index < -0.39 is 0 Å². The summed E-state index contributed by atoms with van der Waals surface area (Å²) in [5.74, 6) is 1.44. The Balaban J connectivity index is 2.89. The number of ether oxygens (including phenoxy) is 2. The van der Waals surface area contributed by atoms with Crippen molar-refractivity contribution in [3.8, 4) is 11.5 Å². The van der Waals surface area contributed by atoms with Crippen molar-refractivity contribution in [2.75, 3.05) is 20.8 Å². The number of methoxy groups -OCH3 is 2. The smallest absolute Gasteiger partial charge is 0.160 e. The predicted octanol–water partition coefficient (Wildman–Crippen LogP) is 2.39. The summed E-state index contributed by atoms with van der Waals surface area (Å²) in [6, 6.07) is 6.24. The van der Waals surface area contributed by atoms with Crippen molar-refractivity contribution in [2.45, 2.75) is 45.2 Å². The molecule has 20 heavy (non-hydrogen) atoms. The Morgan fingerprint density at radius 2 is 1.90 bits per heavy atom. The van der Waals surface area contributed by atoms with Crippen LogP contribution in [0.25, 0.3) is 0 Å². The minimum Gasteiger partial charge on any atom is -0.493 e. The van der Waals surface area contributed by atoms with Crippen molar-refractivity contribution in [1.82, 2.24) is 5.32 Å². The molecule has 1 rings (SSSR count). The average molecular weight is 281 g/mol. The number of hydrogen-bond donors (Lipinski definition) is 2. The first-order valence-corrected chi connectivity index (χ1v) is 7.07. The van der Waals surface area contributed by atoms with Gasteiger partial charge in [-0.25, -0.2) is 0 Å². The molecule has 0 heterocycles. The first-order valence-electron chi connectivity index (χ1n) is 7.07. The normalized spacial score (nSPS) is 15.5. The summed E-state index contributed by atoms with van der Waals surface area (Å²) < 4.78 is 10.6. The number of benzene rings is 1. The maximum absolute atomic E-state index is 9.70. The fourth-order valence-electron chi connectivity index (χ4n) is 2.29. The minimum atomic E-state index is -0.338. The summed E-state index contributed by atoms with van der Waals surface area (Å²) in [5, 5.41) is 13.2. The van der Waals surface area contributed by atoms with E-state index in [1.807, 2.05) is 25.1 Å². The van der Waals surface area contributed by atoms with Gasteiger partial charge in [0.25, 0.3) is 0 Å². The van der Waals surface area contributed by atoms with Gasteiger partial charge in [0.15, 0.2) is 11.5 Å². The molecule has 0 saturated carbocycles. The van der Waals surface area contributed by atoms with Crippen molar-refractivity contribution >= 4 is 0 Å². The Morgan fingerprint density at radius 3 is 2.40 bits per heavy atom. The molecule has 4 nitrogen and oxygen atoms in total. The van der Waals surface area contributed by atoms with Gasteiger partial charge in [0, 0.05) is 11.6 Å². The Labute approximate surface area is 122 Å². The monoisotopic (exact) mass is 281 g/mol. The Hall–Kier alpha value is -1.26. The van der Waals surface area contributed by atoms with Crippen molar-refractivity contribution in [3.63, 3.8) is 0 Å². The van der Waals surface area contributed by atoms with E-state index in [1.165, 1.54) is 0 Å². The molecule has 1 aromatic carbocycles. The highest BCUT2D eigenvalue weighted by Crippen LogP contribution is 2.29. The van der Waals surface area contributed by atoms with Crippen LogP contribution in [0.1, 0.15) is 32.8 Å². The topological polar surface area (TPSA) is 50.7 Å². The molecular formula is C16H27NO3.